The molecule has 4 rings (SSSR count). The van der Waals surface area contributed by atoms with Crippen LogP contribution in [0.2, 0.25) is 0 Å². The van der Waals surface area contributed by atoms with Gasteiger partial charge in [0.2, 0.25) is 0 Å². The molecule has 0 aromatic heterocycles. The molecule has 9 heteroatoms. The van der Waals surface area contributed by atoms with Crippen LogP contribution < -0.4 is 4.74 Å². The number of ether oxygens (including phenoxy) is 2. The zero-order valence-corrected chi connectivity index (χ0v) is 21.6. The van der Waals surface area contributed by atoms with E-state index in [0.29, 0.717) is 36.2 Å². The van der Waals surface area contributed by atoms with Crippen molar-refractivity contribution >= 4 is 33.7 Å². The molecular formula is C27H29BrN2O6. The summed E-state index contributed by atoms with van der Waals surface area (Å²) in [5, 5.41) is 21.1. The first-order valence-electron chi connectivity index (χ1n) is 11.8. The number of benzene rings is 2. The number of halogens is 1. The molecule has 2 aliphatic rings. The molecule has 1 unspecified atom stereocenters. The number of carbonyl (C=O) groups excluding carboxylic acids is 2. The normalized spacial score (nSPS) is 18.9. The number of morpholine rings is 1. The molecule has 1 fully saturated rings. The second-order valence-electron chi connectivity index (χ2n) is 8.63. The fourth-order valence-corrected chi connectivity index (χ4v) is 4.96. The average Bonchev–Trinajstić information content (AvgIpc) is 3.15. The van der Waals surface area contributed by atoms with E-state index in [-0.39, 0.29) is 17.1 Å². The number of ketones is 1. The van der Waals surface area contributed by atoms with Crippen molar-refractivity contribution in [2.24, 2.45) is 0 Å². The molecule has 2 heterocycles. The quantitative estimate of drug-likeness (QED) is 0.452. The predicted molar refractivity (Wildman–Crippen MR) is 139 cm³/mol. The molecule has 0 aliphatic carbocycles. The predicted octanol–water partition coefficient (Wildman–Crippen LogP) is 3.86. The average molecular weight is 557 g/mol. The topological polar surface area (TPSA) is 99.5 Å². The second-order valence-corrected chi connectivity index (χ2v) is 9.49. The molecule has 0 saturated carbocycles. The van der Waals surface area contributed by atoms with E-state index in [2.05, 4.69) is 20.8 Å². The van der Waals surface area contributed by atoms with Crippen molar-refractivity contribution < 1.29 is 29.3 Å². The monoisotopic (exact) mass is 556 g/mol. The van der Waals surface area contributed by atoms with Gasteiger partial charge in [0.05, 0.1) is 36.4 Å². The minimum absolute atomic E-state index is 0.00167. The molecule has 36 heavy (non-hydrogen) atoms. The van der Waals surface area contributed by atoms with Gasteiger partial charge in [-0.3, -0.25) is 14.5 Å². The standard InChI is InChI=1S/C27H29BrN2O6/c1-35-22-17-19(16-20(28)25(22)32)24-23(21(31)9-8-18-6-3-2-4-7-18)26(33)27(34)30(24)11-5-10-29-12-14-36-15-13-29/h2-4,6-9,16-17,24,32-33H,5,10-15H2,1H3/b9-8+. The minimum atomic E-state index is -0.832. The number of amides is 1. The fraction of sp³-hybridized carbons (Fsp3) is 0.333. The van der Waals surface area contributed by atoms with Crippen molar-refractivity contribution in [2.45, 2.75) is 12.5 Å². The highest BCUT2D eigenvalue weighted by atomic mass is 79.9. The van der Waals surface area contributed by atoms with Gasteiger partial charge in [0.15, 0.2) is 23.0 Å². The molecule has 2 aromatic carbocycles. The Morgan fingerprint density at radius 3 is 2.58 bits per heavy atom. The summed E-state index contributed by atoms with van der Waals surface area (Å²) in [5.74, 6) is -1.51. The zero-order chi connectivity index (χ0) is 25.7. The van der Waals surface area contributed by atoms with E-state index < -0.39 is 23.5 Å². The highest BCUT2D eigenvalue weighted by Crippen LogP contribution is 2.43. The Labute approximate surface area is 218 Å². The SMILES string of the molecule is COc1cc(C2C(C(=O)/C=C/c3ccccc3)=C(O)C(=O)N2CCCN2CCOCC2)cc(Br)c1O. The molecule has 0 radical (unpaired) electrons. The van der Waals surface area contributed by atoms with Crippen molar-refractivity contribution in [1.82, 2.24) is 9.80 Å². The molecule has 1 atom stereocenters. The van der Waals surface area contributed by atoms with Crippen molar-refractivity contribution in [3.05, 3.63) is 75.5 Å². The van der Waals surface area contributed by atoms with Crippen molar-refractivity contribution in [2.75, 3.05) is 46.5 Å². The van der Waals surface area contributed by atoms with Crippen LogP contribution in [0.15, 0.2) is 64.3 Å². The maximum Gasteiger partial charge on any atom is 0.290 e. The van der Waals surface area contributed by atoms with Crippen LogP contribution >= 0.6 is 15.9 Å². The Bertz CT molecular complexity index is 1170. The van der Waals surface area contributed by atoms with Gasteiger partial charge in [0.1, 0.15) is 0 Å². The second kappa shape index (κ2) is 11.7. The molecule has 190 valence electrons. The molecule has 2 aliphatic heterocycles. The number of aliphatic hydroxyl groups excluding tert-OH is 1. The summed E-state index contributed by atoms with van der Waals surface area (Å²) in [7, 11) is 1.42. The van der Waals surface area contributed by atoms with Crippen LogP contribution in [-0.4, -0.2) is 78.2 Å². The van der Waals surface area contributed by atoms with Gasteiger partial charge in [-0.2, -0.15) is 0 Å². The third kappa shape index (κ3) is 5.64. The van der Waals surface area contributed by atoms with Gasteiger partial charge in [0, 0.05) is 26.2 Å². The van der Waals surface area contributed by atoms with Crippen molar-refractivity contribution in [3.8, 4) is 11.5 Å². The first-order chi connectivity index (χ1) is 17.4. The molecule has 2 N–H and O–H groups in total. The van der Waals surface area contributed by atoms with E-state index >= 15 is 0 Å². The first kappa shape index (κ1) is 25.9. The number of phenolic OH excluding ortho intramolecular Hbond substituents is 1. The van der Waals surface area contributed by atoms with Crippen LogP contribution in [0, 0.1) is 0 Å². The summed E-state index contributed by atoms with van der Waals surface area (Å²) < 4.78 is 11.1. The van der Waals surface area contributed by atoms with Gasteiger partial charge < -0.3 is 24.6 Å². The van der Waals surface area contributed by atoms with Gasteiger partial charge in [-0.05, 0) is 51.7 Å². The Balaban J connectivity index is 1.65. The summed E-state index contributed by atoms with van der Waals surface area (Å²) >= 11 is 3.33. The summed E-state index contributed by atoms with van der Waals surface area (Å²) in [6.45, 7) is 4.13. The van der Waals surface area contributed by atoms with Crippen LogP contribution in [0.3, 0.4) is 0 Å². The largest absolute Gasteiger partial charge is 0.503 e. The molecule has 8 nitrogen and oxygen atoms in total. The number of allylic oxidation sites excluding steroid dienone is 1. The van der Waals surface area contributed by atoms with Crippen LogP contribution in [0.5, 0.6) is 11.5 Å². The van der Waals surface area contributed by atoms with Crippen LogP contribution in [-0.2, 0) is 14.3 Å². The molecule has 1 amide bonds. The number of nitrogens with zero attached hydrogens (tertiary/aromatic N) is 2. The van der Waals surface area contributed by atoms with E-state index in [9.17, 15) is 19.8 Å². The lowest BCUT2D eigenvalue weighted by Gasteiger charge is -2.30. The number of aromatic hydroxyl groups is 1. The summed E-state index contributed by atoms with van der Waals surface area (Å²) in [4.78, 5) is 30.3. The van der Waals surface area contributed by atoms with Crippen LogP contribution in [0.4, 0.5) is 0 Å². The maximum absolute atomic E-state index is 13.3. The molecule has 1 saturated heterocycles. The summed E-state index contributed by atoms with van der Waals surface area (Å²) in [5.41, 5.74) is 1.36. The lowest BCUT2D eigenvalue weighted by molar-refractivity contribution is -0.129. The van der Waals surface area contributed by atoms with E-state index in [4.69, 9.17) is 9.47 Å². The molecule has 0 bridgehead atoms. The number of hydrogen-bond donors (Lipinski definition) is 2. The van der Waals surface area contributed by atoms with Gasteiger partial charge >= 0.3 is 0 Å². The molecule has 2 aromatic rings. The number of aliphatic hydroxyl groups is 1. The number of hydrogen-bond acceptors (Lipinski definition) is 7. The van der Waals surface area contributed by atoms with Crippen molar-refractivity contribution in [1.29, 1.82) is 0 Å². The third-order valence-corrected chi connectivity index (χ3v) is 6.96. The first-order valence-corrected chi connectivity index (χ1v) is 12.6. The number of phenols is 1. The summed E-state index contributed by atoms with van der Waals surface area (Å²) in [6, 6.07) is 11.7. The highest BCUT2D eigenvalue weighted by Gasteiger charge is 2.43. The number of carbonyl (C=O) groups is 2. The van der Waals surface area contributed by atoms with E-state index in [0.717, 1.165) is 25.2 Å². The Hall–Kier alpha value is -3.14. The number of methoxy groups -OCH3 is 1. The van der Waals surface area contributed by atoms with Gasteiger partial charge in [-0.1, -0.05) is 36.4 Å². The fourth-order valence-electron chi connectivity index (χ4n) is 4.51. The summed E-state index contributed by atoms with van der Waals surface area (Å²) in [6.07, 6.45) is 3.68. The smallest absolute Gasteiger partial charge is 0.290 e. The van der Waals surface area contributed by atoms with E-state index in [1.165, 1.54) is 18.1 Å². The number of rotatable bonds is 9. The lowest BCUT2D eigenvalue weighted by Crippen LogP contribution is -2.39. The van der Waals surface area contributed by atoms with Gasteiger partial charge in [-0.25, -0.2) is 0 Å². The minimum Gasteiger partial charge on any atom is -0.503 e. The third-order valence-electron chi connectivity index (χ3n) is 6.36. The van der Waals surface area contributed by atoms with Crippen LogP contribution in [0.25, 0.3) is 6.08 Å². The highest BCUT2D eigenvalue weighted by molar-refractivity contribution is 9.10. The molecule has 0 spiro atoms. The maximum atomic E-state index is 13.3. The Morgan fingerprint density at radius 2 is 1.89 bits per heavy atom. The van der Waals surface area contributed by atoms with Crippen molar-refractivity contribution in [3.63, 3.8) is 0 Å². The van der Waals surface area contributed by atoms with Gasteiger partial charge in [-0.15, -0.1) is 0 Å². The molecular weight excluding hydrogens is 528 g/mol. The van der Waals surface area contributed by atoms with Crippen LogP contribution in [0.1, 0.15) is 23.6 Å². The van der Waals surface area contributed by atoms with E-state index in [1.54, 1.807) is 18.2 Å². The Kier molecular flexibility index (Phi) is 8.45. The van der Waals surface area contributed by atoms with Gasteiger partial charge in [0.25, 0.3) is 5.91 Å². The lowest BCUT2D eigenvalue weighted by atomic mass is 9.95. The Morgan fingerprint density at radius 1 is 1.17 bits per heavy atom. The van der Waals surface area contributed by atoms with E-state index in [1.807, 2.05) is 30.3 Å². The zero-order valence-electron chi connectivity index (χ0n) is 20.0.